The van der Waals surface area contributed by atoms with Crippen LogP contribution in [0.15, 0.2) is 60.7 Å². The molecule has 0 atom stereocenters. The lowest BCUT2D eigenvalue weighted by molar-refractivity contribution is -0.137. The maximum atomic E-state index is 13.1. The van der Waals surface area contributed by atoms with Gasteiger partial charge in [-0.1, -0.05) is 42.8 Å². The number of anilines is 2. The van der Waals surface area contributed by atoms with Crippen molar-refractivity contribution in [2.24, 2.45) is 5.92 Å². The van der Waals surface area contributed by atoms with Gasteiger partial charge < -0.3 is 10.4 Å². The molecule has 0 aromatic heterocycles. The molecule has 0 unspecified atom stereocenters. The number of carbonyl (C=O) groups excluding carboxylic acids is 3. The molecule has 8 heteroatoms. The van der Waals surface area contributed by atoms with Crippen molar-refractivity contribution in [3.05, 3.63) is 60.7 Å². The number of para-hydroxylation sites is 2. The molecule has 0 saturated carbocycles. The Bertz CT molecular complexity index is 875. The molecule has 1 heterocycles. The summed E-state index contributed by atoms with van der Waals surface area (Å²) in [6, 6.07) is 17.7. The van der Waals surface area contributed by atoms with Crippen LogP contribution in [0.1, 0.15) is 32.1 Å². The van der Waals surface area contributed by atoms with Gasteiger partial charge in [-0.05, 0) is 37.1 Å². The molecule has 31 heavy (non-hydrogen) atoms. The van der Waals surface area contributed by atoms with Gasteiger partial charge in [0, 0.05) is 19.4 Å². The van der Waals surface area contributed by atoms with Crippen molar-refractivity contribution < 1.29 is 24.3 Å². The fourth-order valence-corrected chi connectivity index (χ4v) is 3.46. The summed E-state index contributed by atoms with van der Waals surface area (Å²) in [6.07, 6.45) is 1.72. The first kappa shape index (κ1) is 22.0. The lowest BCUT2D eigenvalue weighted by Gasteiger charge is -2.27. The van der Waals surface area contributed by atoms with Crippen molar-refractivity contribution in [2.45, 2.75) is 32.1 Å². The molecule has 0 bridgehead atoms. The average Bonchev–Trinajstić information content (AvgIpc) is 3.02. The zero-order valence-corrected chi connectivity index (χ0v) is 17.1. The van der Waals surface area contributed by atoms with E-state index in [0.717, 1.165) is 0 Å². The Hall–Kier alpha value is -3.68. The van der Waals surface area contributed by atoms with E-state index in [1.54, 1.807) is 48.5 Å². The predicted molar refractivity (Wildman–Crippen MR) is 115 cm³/mol. The van der Waals surface area contributed by atoms with E-state index < -0.39 is 23.7 Å². The summed E-state index contributed by atoms with van der Waals surface area (Å²) in [5, 5.41) is 14.0. The third-order valence-corrected chi connectivity index (χ3v) is 4.99. The lowest BCUT2D eigenvalue weighted by Crippen LogP contribution is -2.41. The minimum absolute atomic E-state index is 0.101. The molecule has 0 aliphatic carbocycles. The first-order valence-corrected chi connectivity index (χ1v) is 10.3. The van der Waals surface area contributed by atoms with E-state index in [-0.39, 0.29) is 18.7 Å². The summed E-state index contributed by atoms with van der Waals surface area (Å²) in [7, 11) is 0. The van der Waals surface area contributed by atoms with Gasteiger partial charge in [-0.15, -0.1) is 0 Å². The molecule has 162 valence electrons. The number of benzene rings is 2. The van der Waals surface area contributed by atoms with Crippen molar-refractivity contribution in [1.29, 1.82) is 0 Å². The highest BCUT2D eigenvalue weighted by atomic mass is 16.4. The first-order valence-electron chi connectivity index (χ1n) is 10.3. The van der Waals surface area contributed by atoms with Crippen molar-refractivity contribution in [3.8, 4) is 0 Å². The highest BCUT2D eigenvalue weighted by Gasteiger charge is 2.47. The zero-order valence-electron chi connectivity index (χ0n) is 17.1. The molecule has 1 aliphatic rings. The molecular formula is C23H25N3O5. The van der Waals surface area contributed by atoms with Gasteiger partial charge in [-0.3, -0.25) is 19.2 Å². The molecular weight excluding hydrogens is 398 g/mol. The monoisotopic (exact) mass is 423 g/mol. The molecule has 1 fully saturated rings. The third kappa shape index (κ3) is 5.48. The summed E-state index contributed by atoms with van der Waals surface area (Å²) in [6.45, 7) is 0.373. The van der Waals surface area contributed by atoms with E-state index in [1.165, 1.54) is 10.0 Å². The van der Waals surface area contributed by atoms with E-state index in [1.807, 2.05) is 12.1 Å². The number of unbranched alkanes of at least 4 members (excludes halogenated alkanes) is 2. The maximum Gasteiger partial charge on any atom is 0.303 e. The van der Waals surface area contributed by atoms with Crippen molar-refractivity contribution in [3.63, 3.8) is 0 Å². The van der Waals surface area contributed by atoms with Crippen molar-refractivity contribution in [1.82, 2.24) is 5.32 Å². The molecule has 3 rings (SSSR count). The SMILES string of the molecule is O=C(O)CCCCCNC(=O)CC1C(=O)N(c2ccccc2)N(c2ccccc2)C1=O. The summed E-state index contributed by atoms with van der Waals surface area (Å²) < 4.78 is 0. The molecule has 0 spiro atoms. The zero-order chi connectivity index (χ0) is 22.2. The van der Waals surface area contributed by atoms with E-state index in [9.17, 15) is 19.2 Å². The molecule has 2 aromatic rings. The highest BCUT2D eigenvalue weighted by Crippen LogP contribution is 2.32. The summed E-state index contributed by atoms with van der Waals surface area (Å²) in [5.41, 5.74) is 1.09. The van der Waals surface area contributed by atoms with Gasteiger partial charge in [0.15, 0.2) is 0 Å². The molecule has 2 aromatic carbocycles. The van der Waals surface area contributed by atoms with Crippen LogP contribution in [0.3, 0.4) is 0 Å². The van der Waals surface area contributed by atoms with Crippen molar-refractivity contribution >= 4 is 35.1 Å². The number of carbonyl (C=O) groups is 4. The number of amides is 3. The number of rotatable bonds is 10. The Morgan fingerprint density at radius 3 is 1.81 bits per heavy atom. The Kier molecular flexibility index (Phi) is 7.37. The number of nitrogens with one attached hydrogen (secondary N) is 1. The van der Waals surface area contributed by atoms with Crippen LogP contribution in [-0.4, -0.2) is 35.3 Å². The van der Waals surface area contributed by atoms with E-state index in [2.05, 4.69) is 5.32 Å². The van der Waals surface area contributed by atoms with Crippen LogP contribution >= 0.6 is 0 Å². The Morgan fingerprint density at radius 2 is 1.32 bits per heavy atom. The van der Waals surface area contributed by atoms with Crippen LogP contribution < -0.4 is 15.3 Å². The Morgan fingerprint density at radius 1 is 0.806 bits per heavy atom. The van der Waals surface area contributed by atoms with Crippen LogP contribution in [0.4, 0.5) is 11.4 Å². The van der Waals surface area contributed by atoms with Gasteiger partial charge >= 0.3 is 5.97 Å². The summed E-state index contributed by atoms with van der Waals surface area (Å²) >= 11 is 0. The fourth-order valence-electron chi connectivity index (χ4n) is 3.46. The minimum atomic E-state index is -1.10. The molecule has 1 aliphatic heterocycles. The van der Waals surface area contributed by atoms with Gasteiger partial charge in [0.2, 0.25) is 5.91 Å². The second kappa shape index (κ2) is 10.4. The van der Waals surface area contributed by atoms with Gasteiger partial charge in [-0.2, -0.15) is 0 Å². The topological polar surface area (TPSA) is 107 Å². The molecule has 1 saturated heterocycles. The van der Waals surface area contributed by atoms with Crippen molar-refractivity contribution in [2.75, 3.05) is 16.6 Å². The molecule has 2 N–H and O–H groups in total. The summed E-state index contributed by atoms with van der Waals surface area (Å²) in [5.74, 6) is -3.22. The van der Waals surface area contributed by atoms with Gasteiger partial charge in [0.1, 0.15) is 5.92 Å². The van der Waals surface area contributed by atoms with Crippen LogP contribution in [0.5, 0.6) is 0 Å². The largest absolute Gasteiger partial charge is 0.481 e. The standard InChI is InChI=1S/C23H25N3O5/c27-20(24-15-9-3-8-14-21(28)29)16-19-22(30)25(17-10-4-1-5-11-17)26(23(19)31)18-12-6-2-7-13-18/h1-2,4-7,10-13,19H,3,8-9,14-16H2,(H,24,27)(H,28,29). The van der Waals surface area contributed by atoms with E-state index in [0.29, 0.717) is 37.2 Å². The molecule has 0 radical (unpaired) electrons. The average molecular weight is 423 g/mol. The Balaban J connectivity index is 1.67. The minimum Gasteiger partial charge on any atom is -0.481 e. The number of carboxylic acids is 1. The van der Waals surface area contributed by atoms with Crippen LogP contribution in [0.2, 0.25) is 0 Å². The van der Waals surface area contributed by atoms with Gasteiger partial charge in [-0.25, -0.2) is 10.0 Å². The van der Waals surface area contributed by atoms with Crippen LogP contribution in [0.25, 0.3) is 0 Å². The number of hydrogen-bond acceptors (Lipinski definition) is 4. The maximum absolute atomic E-state index is 13.1. The van der Waals surface area contributed by atoms with Crippen LogP contribution in [-0.2, 0) is 19.2 Å². The van der Waals surface area contributed by atoms with Crippen LogP contribution in [0, 0.1) is 5.92 Å². The molecule has 8 nitrogen and oxygen atoms in total. The molecule has 3 amide bonds. The predicted octanol–water partition coefficient (Wildman–Crippen LogP) is 2.75. The number of hydrogen-bond donors (Lipinski definition) is 2. The summed E-state index contributed by atoms with van der Waals surface area (Å²) in [4.78, 5) is 49.2. The van der Waals surface area contributed by atoms with Gasteiger partial charge in [0.05, 0.1) is 11.4 Å². The van der Waals surface area contributed by atoms with E-state index in [4.69, 9.17) is 5.11 Å². The third-order valence-electron chi connectivity index (χ3n) is 4.99. The number of nitrogens with zero attached hydrogens (tertiary/aromatic N) is 2. The number of carboxylic acid groups (broad SMARTS) is 1. The lowest BCUT2D eigenvalue weighted by atomic mass is 10.0. The number of aliphatic carboxylic acids is 1. The first-order chi connectivity index (χ1) is 15.0. The van der Waals surface area contributed by atoms with Gasteiger partial charge in [0.25, 0.3) is 11.8 Å². The normalized spacial score (nSPS) is 14.2. The van der Waals surface area contributed by atoms with E-state index >= 15 is 0 Å². The number of hydrazine groups is 1. The Labute approximate surface area is 180 Å². The fraction of sp³-hybridized carbons (Fsp3) is 0.304. The highest BCUT2D eigenvalue weighted by molar-refractivity contribution is 6.24. The quantitative estimate of drug-likeness (QED) is 0.451. The smallest absolute Gasteiger partial charge is 0.303 e. The second-order valence-corrected chi connectivity index (χ2v) is 7.28. The second-order valence-electron chi connectivity index (χ2n) is 7.28.